The molecule has 0 spiro atoms. The van der Waals surface area contributed by atoms with Gasteiger partial charge in [0.25, 0.3) is 5.91 Å². The molecule has 126 valence electrons. The highest BCUT2D eigenvalue weighted by Crippen LogP contribution is 2.29. The number of hydrogen-bond acceptors (Lipinski definition) is 3. The second-order valence-corrected chi connectivity index (χ2v) is 6.31. The summed E-state index contributed by atoms with van der Waals surface area (Å²) in [7, 11) is 0. The van der Waals surface area contributed by atoms with Crippen molar-refractivity contribution in [2.24, 2.45) is 0 Å². The molecule has 1 aliphatic rings. The first kappa shape index (κ1) is 14.8. The zero-order chi connectivity index (χ0) is 17.5. The van der Waals surface area contributed by atoms with Crippen LogP contribution in [0.3, 0.4) is 0 Å². The van der Waals surface area contributed by atoms with Gasteiger partial charge in [-0.15, -0.1) is 0 Å². The van der Waals surface area contributed by atoms with Crippen molar-refractivity contribution in [3.63, 3.8) is 0 Å². The number of imidazole rings is 1. The molecule has 0 saturated heterocycles. The third-order valence-corrected chi connectivity index (χ3v) is 4.74. The van der Waals surface area contributed by atoms with Gasteiger partial charge in [0.05, 0.1) is 22.3 Å². The van der Waals surface area contributed by atoms with Gasteiger partial charge in [0.2, 0.25) is 0 Å². The van der Waals surface area contributed by atoms with Crippen LogP contribution in [0.2, 0.25) is 0 Å². The number of benzene rings is 2. The van der Waals surface area contributed by atoms with Gasteiger partial charge in [-0.25, -0.2) is 4.98 Å². The van der Waals surface area contributed by atoms with Crippen LogP contribution in [0, 0.1) is 0 Å². The van der Waals surface area contributed by atoms with Crippen LogP contribution < -0.4 is 5.32 Å². The minimum atomic E-state index is -0.0358. The van der Waals surface area contributed by atoms with E-state index in [0.29, 0.717) is 18.7 Å². The quantitative estimate of drug-likeness (QED) is 0.607. The molecule has 0 atom stereocenters. The van der Waals surface area contributed by atoms with Crippen molar-refractivity contribution in [3.8, 4) is 22.6 Å². The van der Waals surface area contributed by atoms with Crippen LogP contribution in [0.25, 0.3) is 33.7 Å². The summed E-state index contributed by atoms with van der Waals surface area (Å²) < 4.78 is 2.14. The van der Waals surface area contributed by atoms with Gasteiger partial charge in [0.15, 0.2) is 0 Å². The Labute approximate surface area is 150 Å². The highest BCUT2D eigenvalue weighted by molar-refractivity contribution is 6.06. The zero-order valence-corrected chi connectivity index (χ0v) is 14.0. The van der Waals surface area contributed by atoms with Crippen molar-refractivity contribution in [2.45, 2.75) is 6.54 Å². The Bertz CT molecular complexity index is 1110. The predicted octanol–water partition coefficient (Wildman–Crippen LogP) is 3.51. The fourth-order valence-corrected chi connectivity index (χ4v) is 3.51. The molecule has 0 fully saturated rings. The minimum absolute atomic E-state index is 0.0358. The van der Waals surface area contributed by atoms with Crippen LogP contribution in [0.15, 0.2) is 66.9 Å². The summed E-state index contributed by atoms with van der Waals surface area (Å²) in [5, 5.41) is 2.95. The molecule has 3 heterocycles. The third kappa shape index (κ3) is 2.29. The lowest BCUT2D eigenvalue weighted by Crippen LogP contribution is -2.24. The molecule has 1 N–H and O–H groups in total. The number of carbonyl (C=O) groups excluding carboxylic acids is 1. The van der Waals surface area contributed by atoms with Gasteiger partial charge in [0.1, 0.15) is 5.82 Å². The van der Waals surface area contributed by atoms with E-state index in [-0.39, 0.29) is 5.91 Å². The Hall–Kier alpha value is -3.47. The summed E-state index contributed by atoms with van der Waals surface area (Å²) in [6.45, 7) is 1.30. The number of hydrogen-bond donors (Lipinski definition) is 1. The molecular formula is C21H16N4O. The zero-order valence-electron chi connectivity index (χ0n) is 14.0. The molecule has 4 aromatic rings. The van der Waals surface area contributed by atoms with E-state index in [0.717, 1.165) is 33.7 Å². The van der Waals surface area contributed by atoms with Gasteiger partial charge in [-0.1, -0.05) is 36.4 Å². The van der Waals surface area contributed by atoms with Crippen LogP contribution >= 0.6 is 0 Å². The normalized spacial score (nSPS) is 13.5. The molecule has 0 aliphatic carbocycles. The molecule has 2 aromatic heterocycles. The number of nitrogens with one attached hydrogen (secondary N) is 1. The monoisotopic (exact) mass is 340 g/mol. The smallest absolute Gasteiger partial charge is 0.253 e. The first-order chi connectivity index (χ1) is 12.8. The SMILES string of the molecule is O=C1NCCn2c(-c3ccc(-c4ccccn4)cc3)nc3cccc1c32. The second kappa shape index (κ2) is 5.81. The van der Waals surface area contributed by atoms with E-state index >= 15 is 0 Å². The van der Waals surface area contributed by atoms with Gasteiger partial charge in [-0.3, -0.25) is 9.78 Å². The first-order valence-corrected chi connectivity index (χ1v) is 8.60. The molecule has 0 bridgehead atoms. The summed E-state index contributed by atoms with van der Waals surface area (Å²) in [5.74, 6) is 0.850. The summed E-state index contributed by atoms with van der Waals surface area (Å²) in [4.78, 5) is 21.5. The van der Waals surface area contributed by atoms with Crippen LogP contribution in [0.1, 0.15) is 10.4 Å². The number of pyridine rings is 1. The molecule has 0 radical (unpaired) electrons. The molecule has 5 heteroatoms. The maximum absolute atomic E-state index is 12.3. The van der Waals surface area contributed by atoms with Crippen molar-refractivity contribution in [1.29, 1.82) is 0 Å². The fourth-order valence-electron chi connectivity index (χ4n) is 3.51. The molecule has 1 aliphatic heterocycles. The van der Waals surface area contributed by atoms with Crippen LogP contribution in [0.5, 0.6) is 0 Å². The average molecular weight is 340 g/mol. The average Bonchev–Trinajstić information content (AvgIpc) is 2.98. The van der Waals surface area contributed by atoms with Crippen molar-refractivity contribution in [1.82, 2.24) is 19.9 Å². The van der Waals surface area contributed by atoms with E-state index < -0.39 is 0 Å². The Kier molecular flexibility index (Phi) is 3.31. The number of amides is 1. The molecule has 0 unspecified atom stereocenters. The topological polar surface area (TPSA) is 59.8 Å². The number of para-hydroxylation sites is 1. The summed E-state index contributed by atoms with van der Waals surface area (Å²) in [6, 6.07) is 19.8. The Balaban J connectivity index is 1.64. The molecule has 5 nitrogen and oxygen atoms in total. The highest BCUT2D eigenvalue weighted by Gasteiger charge is 2.21. The van der Waals surface area contributed by atoms with Gasteiger partial charge in [-0.2, -0.15) is 0 Å². The standard InChI is InChI=1S/C21H16N4O/c26-21-16-4-3-6-18-19(16)25(13-12-23-21)20(24-18)15-9-7-14(8-10-15)17-5-1-2-11-22-17/h1-11H,12-13H2,(H,23,26). The van der Waals surface area contributed by atoms with E-state index in [1.807, 2.05) is 36.4 Å². The lowest BCUT2D eigenvalue weighted by Gasteiger charge is -2.08. The molecule has 2 aromatic carbocycles. The summed E-state index contributed by atoms with van der Waals surface area (Å²) in [6.07, 6.45) is 1.80. The van der Waals surface area contributed by atoms with E-state index in [4.69, 9.17) is 4.98 Å². The van der Waals surface area contributed by atoms with Crippen molar-refractivity contribution < 1.29 is 4.79 Å². The third-order valence-electron chi connectivity index (χ3n) is 4.74. The minimum Gasteiger partial charge on any atom is -0.350 e. The van der Waals surface area contributed by atoms with E-state index in [1.165, 1.54) is 0 Å². The number of aromatic nitrogens is 3. The van der Waals surface area contributed by atoms with Crippen LogP contribution in [0.4, 0.5) is 0 Å². The molecule has 1 amide bonds. The van der Waals surface area contributed by atoms with E-state index in [9.17, 15) is 4.79 Å². The lowest BCUT2D eigenvalue weighted by molar-refractivity contribution is 0.0956. The first-order valence-electron chi connectivity index (χ1n) is 8.60. The maximum atomic E-state index is 12.3. The Morgan fingerprint density at radius 2 is 1.77 bits per heavy atom. The Morgan fingerprint density at radius 1 is 0.923 bits per heavy atom. The van der Waals surface area contributed by atoms with Crippen LogP contribution in [-0.2, 0) is 6.54 Å². The van der Waals surface area contributed by atoms with Gasteiger partial charge in [0, 0.05) is 30.4 Å². The van der Waals surface area contributed by atoms with E-state index in [1.54, 1.807) is 6.20 Å². The molecular weight excluding hydrogens is 324 g/mol. The predicted molar refractivity (Wildman–Crippen MR) is 101 cm³/mol. The largest absolute Gasteiger partial charge is 0.350 e. The van der Waals surface area contributed by atoms with Crippen molar-refractivity contribution in [3.05, 3.63) is 72.4 Å². The van der Waals surface area contributed by atoms with Crippen molar-refractivity contribution in [2.75, 3.05) is 6.54 Å². The van der Waals surface area contributed by atoms with E-state index in [2.05, 4.69) is 39.1 Å². The number of carbonyl (C=O) groups is 1. The fraction of sp³-hybridized carbons (Fsp3) is 0.0952. The molecule has 5 rings (SSSR count). The molecule has 26 heavy (non-hydrogen) atoms. The van der Waals surface area contributed by atoms with Crippen LogP contribution in [-0.4, -0.2) is 27.0 Å². The number of rotatable bonds is 2. The lowest BCUT2D eigenvalue weighted by atomic mass is 10.1. The highest BCUT2D eigenvalue weighted by atomic mass is 16.1. The van der Waals surface area contributed by atoms with Gasteiger partial charge < -0.3 is 9.88 Å². The second-order valence-electron chi connectivity index (χ2n) is 6.31. The summed E-state index contributed by atoms with van der Waals surface area (Å²) in [5.41, 5.74) is 5.49. The van der Waals surface area contributed by atoms with Gasteiger partial charge in [-0.05, 0) is 24.3 Å². The maximum Gasteiger partial charge on any atom is 0.253 e. The molecule has 0 saturated carbocycles. The Morgan fingerprint density at radius 3 is 2.58 bits per heavy atom. The number of nitrogens with zero attached hydrogens (tertiary/aromatic N) is 3. The van der Waals surface area contributed by atoms with Crippen molar-refractivity contribution >= 4 is 16.9 Å². The summed E-state index contributed by atoms with van der Waals surface area (Å²) >= 11 is 0. The van der Waals surface area contributed by atoms with Gasteiger partial charge >= 0.3 is 0 Å².